The number of rotatable bonds is 8. The van der Waals surface area contributed by atoms with E-state index >= 15 is 0 Å². The molecule has 4 N–H and O–H groups in total. The van der Waals surface area contributed by atoms with E-state index in [1.165, 1.54) is 0 Å². The first-order valence-corrected chi connectivity index (χ1v) is 6.48. The molecule has 0 aliphatic heterocycles. The molecule has 0 bridgehead atoms. The number of hydrazine groups is 1. The third-order valence-corrected chi connectivity index (χ3v) is 2.97. The van der Waals surface area contributed by atoms with Gasteiger partial charge in [0.15, 0.2) is 0 Å². The highest BCUT2D eigenvalue weighted by Gasteiger charge is 2.14. The highest BCUT2D eigenvalue weighted by Crippen LogP contribution is 2.16. The number of amides is 1. The Balaban J connectivity index is 2.46. The average molecular weight is 269 g/mol. The molecule has 1 heterocycles. The molecule has 1 aromatic heterocycles. The molecule has 0 atom stereocenters. The Bertz CT molecular complexity index is 404. The Labute approximate surface area is 113 Å². The smallest absolute Gasteiger partial charge is 0.268 e. The molecule has 0 unspecified atom stereocenters. The van der Waals surface area contributed by atoms with E-state index in [0.717, 1.165) is 31.6 Å². The van der Waals surface area contributed by atoms with Crippen molar-refractivity contribution >= 4 is 5.91 Å². The molecule has 0 aliphatic rings. The number of aryl methyl sites for hydroxylation is 1. The quantitative estimate of drug-likeness (QED) is 0.281. The van der Waals surface area contributed by atoms with Crippen molar-refractivity contribution in [2.24, 2.45) is 5.84 Å². The van der Waals surface area contributed by atoms with Gasteiger partial charge in [-0.1, -0.05) is 0 Å². The molecule has 0 saturated carbocycles. The van der Waals surface area contributed by atoms with Crippen LogP contribution in [0, 0.1) is 6.92 Å². The predicted octanol–water partition coefficient (Wildman–Crippen LogP) is 0.786. The van der Waals surface area contributed by atoms with Gasteiger partial charge in [0, 0.05) is 6.61 Å². The molecule has 1 rings (SSSR count). The molecule has 1 aromatic rings. The number of carbonyl (C=O) groups excluding carboxylic acids is 1. The van der Waals surface area contributed by atoms with Crippen molar-refractivity contribution in [2.75, 3.05) is 20.2 Å². The number of nitrogen functional groups attached to an aromatic ring is 1. The standard InChI is InChI=1S/C13H23N3O3/c1-10-12(13(18)15-14)8-11(19-10)9-16(2)6-4-3-5-7-17/h8,17H,3-7,9,14H2,1-2H3,(H,15,18). The van der Waals surface area contributed by atoms with Crippen LogP contribution in [0.3, 0.4) is 0 Å². The summed E-state index contributed by atoms with van der Waals surface area (Å²) in [6.45, 7) is 3.57. The predicted molar refractivity (Wildman–Crippen MR) is 72.4 cm³/mol. The van der Waals surface area contributed by atoms with Crippen molar-refractivity contribution in [3.63, 3.8) is 0 Å². The number of furan rings is 1. The number of aliphatic hydroxyl groups is 1. The summed E-state index contributed by atoms with van der Waals surface area (Å²) in [5.41, 5.74) is 2.58. The van der Waals surface area contributed by atoms with Gasteiger partial charge >= 0.3 is 0 Å². The summed E-state index contributed by atoms with van der Waals surface area (Å²) in [6, 6.07) is 1.72. The van der Waals surface area contributed by atoms with E-state index < -0.39 is 0 Å². The first-order chi connectivity index (χ1) is 9.08. The van der Waals surface area contributed by atoms with Crippen LogP contribution in [0.5, 0.6) is 0 Å². The van der Waals surface area contributed by atoms with Crippen molar-refractivity contribution in [1.29, 1.82) is 0 Å². The van der Waals surface area contributed by atoms with Crippen molar-refractivity contribution in [2.45, 2.75) is 32.7 Å². The van der Waals surface area contributed by atoms with E-state index in [1.54, 1.807) is 13.0 Å². The number of nitrogens with zero attached hydrogens (tertiary/aromatic N) is 1. The average Bonchev–Trinajstić information content (AvgIpc) is 2.74. The summed E-state index contributed by atoms with van der Waals surface area (Å²) in [5.74, 6) is 6.10. The van der Waals surface area contributed by atoms with Crippen molar-refractivity contribution in [1.82, 2.24) is 10.3 Å². The number of carbonyl (C=O) groups is 1. The number of hydrogen-bond donors (Lipinski definition) is 3. The van der Waals surface area contributed by atoms with Crippen LogP contribution in [-0.4, -0.2) is 36.1 Å². The molecule has 6 nitrogen and oxygen atoms in total. The molecule has 0 aliphatic carbocycles. The van der Waals surface area contributed by atoms with Crippen LogP contribution < -0.4 is 11.3 Å². The molecule has 19 heavy (non-hydrogen) atoms. The lowest BCUT2D eigenvalue weighted by atomic mass is 10.2. The van der Waals surface area contributed by atoms with Gasteiger partial charge in [-0.15, -0.1) is 0 Å². The molecule has 0 aromatic carbocycles. The fourth-order valence-electron chi connectivity index (χ4n) is 1.94. The van der Waals surface area contributed by atoms with Crippen LogP contribution >= 0.6 is 0 Å². The third-order valence-electron chi connectivity index (χ3n) is 2.97. The lowest BCUT2D eigenvalue weighted by Gasteiger charge is -2.14. The summed E-state index contributed by atoms with van der Waals surface area (Å²) in [7, 11) is 2.00. The minimum Gasteiger partial charge on any atom is -0.464 e. The van der Waals surface area contributed by atoms with Gasteiger partial charge in [0.1, 0.15) is 11.5 Å². The SMILES string of the molecule is Cc1oc(CN(C)CCCCCO)cc1C(=O)NN. The molecule has 1 amide bonds. The van der Waals surface area contributed by atoms with Gasteiger partial charge < -0.3 is 9.52 Å². The molecular weight excluding hydrogens is 246 g/mol. The minimum atomic E-state index is -0.335. The summed E-state index contributed by atoms with van der Waals surface area (Å²) in [5, 5.41) is 8.70. The maximum absolute atomic E-state index is 11.4. The second kappa shape index (κ2) is 7.93. The van der Waals surface area contributed by atoms with Gasteiger partial charge in [-0.2, -0.15) is 0 Å². The second-order valence-corrected chi connectivity index (χ2v) is 4.68. The van der Waals surface area contributed by atoms with Crippen LogP contribution in [0.1, 0.15) is 41.1 Å². The molecule has 0 saturated heterocycles. The van der Waals surface area contributed by atoms with E-state index in [4.69, 9.17) is 15.4 Å². The molecule has 0 fully saturated rings. The molecule has 6 heteroatoms. The van der Waals surface area contributed by atoms with E-state index in [2.05, 4.69) is 10.3 Å². The van der Waals surface area contributed by atoms with E-state index in [1.807, 2.05) is 7.05 Å². The Morgan fingerprint density at radius 1 is 1.47 bits per heavy atom. The summed E-state index contributed by atoms with van der Waals surface area (Å²) in [6.07, 6.45) is 2.89. The number of nitrogens with two attached hydrogens (primary N) is 1. The first-order valence-electron chi connectivity index (χ1n) is 6.48. The normalized spacial score (nSPS) is 11.0. The van der Waals surface area contributed by atoms with E-state index in [0.29, 0.717) is 17.9 Å². The van der Waals surface area contributed by atoms with E-state index in [9.17, 15) is 4.79 Å². The zero-order chi connectivity index (χ0) is 14.3. The highest BCUT2D eigenvalue weighted by atomic mass is 16.3. The van der Waals surface area contributed by atoms with Gasteiger partial charge in [0.05, 0.1) is 12.1 Å². The van der Waals surface area contributed by atoms with Crippen LogP contribution in [0.25, 0.3) is 0 Å². The molecular formula is C13H23N3O3. The van der Waals surface area contributed by atoms with Gasteiger partial charge in [-0.05, 0) is 45.8 Å². The summed E-state index contributed by atoms with van der Waals surface area (Å²) >= 11 is 0. The zero-order valence-electron chi connectivity index (χ0n) is 11.6. The highest BCUT2D eigenvalue weighted by molar-refractivity contribution is 5.94. The second-order valence-electron chi connectivity index (χ2n) is 4.68. The van der Waals surface area contributed by atoms with Gasteiger partial charge in [-0.25, -0.2) is 5.84 Å². The van der Waals surface area contributed by atoms with Crippen molar-refractivity contribution in [3.05, 3.63) is 23.2 Å². The Hall–Kier alpha value is -1.37. The number of hydrogen-bond acceptors (Lipinski definition) is 5. The number of nitrogens with one attached hydrogen (secondary N) is 1. The van der Waals surface area contributed by atoms with Crippen LogP contribution in [0.15, 0.2) is 10.5 Å². The molecule has 108 valence electrons. The lowest BCUT2D eigenvalue weighted by molar-refractivity contribution is 0.0952. The van der Waals surface area contributed by atoms with Crippen LogP contribution in [0.2, 0.25) is 0 Å². The fourth-order valence-corrected chi connectivity index (χ4v) is 1.94. The number of aliphatic hydroxyl groups excluding tert-OH is 1. The number of unbranched alkanes of at least 4 members (excludes halogenated alkanes) is 2. The van der Waals surface area contributed by atoms with Crippen LogP contribution in [-0.2, 0) is 6.54 Å². The van der Waals surface area contributed by atoms with Gasteiger partial charge in [0.2, 0.25) is 0 Å². The molecule has 0 radical (unpaired) electrons. The largest absolute Gasteiger partial charge is 0.464 e. The fraction of sp³-hybridized carbons (Fsp3) is 0.615. The first kappa shape index (κ1) is 15.7. The zero-order valence-corrected chi connectivity index (χ0v) is 11.6. The van der Waals surface area contributed by atoms with Crippen molar-refractivity contribution < 1.29 is 14.3 Å². The topological polar surface area (TPSA) is 91.7 Å². The monoisotopic (exact) mass is 269 g/mol. The summed E-state index contributed by atoms with van der Waals surface area (Å²) < 4.78 is 5.54. The Kier molecular flexibility index (Phi) is 6.55. The van der Waals surface area contributed by atoms with E-state index in [-0.39, 0.29) is 12.5 Å². The maximum atomic E-state index is 11.4. The lowest BCUT2D eigenvalue weighted by Crippen LogP contribution is -2.30. The Morgan fingerprint density at radius 2 is 2.21 bits per heavy atom. The third kappa shape index (κ3) is 5.02. The van der Waals surface area contributed by atoms with Gasteiger partial charge in [0.25, 0.3) is 5.91 Å². The molecule has 0 spiro atoms. The van der Waals surface area contributed by atoms with Crippen LogP contribution in [0.4, 0.5) is 0 Å². The van der Waals surface area contributed by atoms with Gasteiger partial charge in [-0.3, -0.25) is 15.1 Å². The minimum absolute atomic E-state index is 0.249. The maximum Gasteiger partial charge on any atom is 0.268 e. The summed E-state index contributed by atoms with van der Waals surface area (Å²) in [4.78, 5) is 13.6. The Morgan fingerprint density at radius 3 is 2.84 bits per heavy atom. The van der Waals surface area contributed by atoms with Crippen molar-refractivity contribution in [3.8, 4) is 0 Å².